The minimum absolute atomic E-state index is 0.371. The van der Waals surface area contributed by atoms with Crippen molar-refractivity contribution in [3.63, 3.8) is 0 Å². The second-order valence-electron chi connectivity index (χ2n) is 5.01. The Hall–Kier alpha value is -0.780. The van der Waals surface area contributed by atoms with Crippen LogP contribution in [0.2, 0.25) is 0 Å². The smallest absolute Gasteiger partial charge is 0.244 e. The summed E-state index contributed by atoms with van der Waals surface area (Å²) in [6, 6.07) is 7.17. The third-order valence-corrected chi connectivity index (χ3v) is 5.77. The van der Waals surface area contributed by atoms with Gasteiger partial charge in [0, 0.05) is 33.1 Å². The van der Waals surface area contributed by atoms with Crippen LogP contribution in [-0.2, 0) is 10.0 Å². The fraction of sp³-hybridized carbons (Fsp3) is 0.538. The molecule has 0 N–H and O–H groups in total. The molecule has 1 aliphatic rings. The van der Waals surface area contributed by atoms with Crippen LogP contribution < -0.4 is 4.90 Å². The molecule has 0 spiro atoms. The summed E-state index contributed by atoms with van der Waals surface area (Å²) in [6.07, 6.45) is 1.01. The van der Waals surface area contributed by atoms with Crippen molar-refractivity contribution in [3.05, 3.63) is 24.3 Å². The first-order valence-electron chi connectivity index (χ1n) is 6.29. The average Bonchev–Trinajstić information content (AvgIpc) is 2.87. The average molecular weight is 303 g/mol. The van der Waals surface area contributed by atoms with Gasteiger partial charge in [0.2, 0.25) is 10.0 Å². The van der Waals surface area contributed by atoms with E-state index in [1.807, 2.05) is 12.1 Å². The maximum absolute atomic E-state index is 12.3. The molecule has 0 aliphatic carbocycles. The largest absolute Gasteiger partial charge is 0.370 e. The highest BCUT2D eigenvalue weighted by molar-refractivity contribution is 7.89. The predicted octanol–water partition coefficient (Wildman–Crippen LogP) is 2.00. The molecule has 1 saturated heterocycles. The number of benzene rings is 1. The van der Waals surface area contributed by atoms with Gasteiger partial charge in [-0.15, -0.1) is 11.6 Å². The van der Waals surface area contributed by atoms with E-state index in [-0.39, 0.29) is 0 Å². The number of hydrogen-bond donors (Lipinski definition) is 0. The standard InChI is InChI=1S/C13H19ClN2O2S/c1-15(2)19(17,18)13-6-4-3-5-12(13)16-8-7-11(9-14)10-16/h3-6,11H,7-10H2,1-2H3. The fourth-order valence-corrected chi connectivity index (χ4v) is 3.67. The topological polar surface area (TPSA) is 40.6 Å². The summed E-state index contributed by atoms with van der Waals surface area (Å²) in [6.45, 7) is 1.68. The summed E-state index contributed by atoms with van der Waals surface area (Å²) in [5.74, 6) is 1.07. The van der Waals surface area contributed by atoms with Crippen molar-refractivity contribution in [3.8, 4) is 0 Å². The molecule has 1 heterocycles. The van der Waals surface area contributed by atoms with Crippen molar-refractivity contribution >= 4 is 27.3 Å². The summed E-state index contributed by atoms with van der Waals surface area (Å²) in [5, 5.41) is 0. The van der Waals surface area contributed by atoms with Gasteiger partial charge in [0.1, 0.15) is 4.90 Å². The molecule has 0 amide bonds. The predicted molar refractivity (Wildman–Crippen MR) is 78.4 cm³/mol. The zero-order valence-electron chi connectivity index (χ0n) is 11.2. The Morgan fingerprint density at radius 2 is 2.05 bits per heavy atom. The van der Waals surface area contributed by atoms with Crippen molar-refractivity contribution in [1.82, 2.24) is 4.31 Å². The van der Waals surface area contributed by atoms with E-state index in [1.165, 1.54) is 4.31 Å². The molecule has 6 heteroatoms. The molecule has 0 aromatic heterocycles. The lowest BCUT2D eigenvalue weighted by molar-refractivity contribution is 0.520. The molecule has 2 rings (SSSR count). The molecule has 1 aromatic carbocycles. The van der Waals surface area contributed by atoms with E-state index in [2.05, 4.69) is 4.90 Å². The van der Waals surface area contributed by atoms with Crippen molar-refractivity contribution < 1.29 is 8.42 Å². The van der Waals surface area contributed by atoms with Crippen LogP contribution in [0.25, 0.3) is 0 Å². The van der Waals surface area contributed by atoms with Gasteiger partial charge in [-0.2, -0.15) is 0 Å². The van der Waals surface area contributed by atoms with E-state index in [0.717, 1.165) is 25.2 Å². The van der Waals surface area contributed by atoms with E-state index >= 15 is 0 Å². The van der Waals surface area contributed by atoms with Gasteiger partial charge in [0.05, 0.1) is 5.69 Å². The third-order valence-electron chi connectivity index (χ3n) is 3.47. The molecule has 1 aromatic rings. The first-order chi connectivity index (χ1) is 8.96. The van der Waals surface area contributed by atoms with Crippen LogP contribution in [0, 0.1) is 5.92 Å². The Bertz CT molecular complexity index is 545. The van der Waals surface area contributed by atoms with Crippen LogP contribution in [0.3, 0.4) is 0 Å². The summed E-state index contributed by atoms with van der Waals surface area (Å²) in [5.41, 5.74) is 0.781. The molecular formula is C13H19ClN2O2S. The number of sulfonamides is 1. The number of anilines is 1. The molecule has 0 radical (unpaired) electrons. The quantitative estimate of drug-likeness (QED) is 0.799. The van der Waals surface area contributed by atoms with Crippen molar-refractivity contribution in [2.75, 3.05) is 38.0 Å². The van der Waals surface area contributed by atoms with Crippen molar-refractivity contribution in [2.45, 2.75) is 11.3 Å². The first-order valence-corrected chi connectivity index (χ1v) is 8.26. The van der Waals surface area contributed by atoms with E-state index in [4.69, 9.17) is 11.6 Å². The Morgan fingerprint density at radius 3 is 2.63 bits per heavy atom. The third kappa shape index (κ3) is 2.88. The van der Waals surface area contributed by atoms with Crippen LogP contribution >= 0.6 is 11.6 Å². The molecular weight excluding hydrogens is 284 g/mol. The van der Waals surface area contributed by atoms with Crippen molar-refractivity contribution in [2.24, 2.45) is 5.92 Å². The zero-order chi connectivity index (χ0) is 14.0. The van der Waals surface area contributed by atoms with Crippen LogP contribution in [-0.4, -0.2) is 45.8 Å². The second kappa shape index (κ2) is 5.69. The second-order valence-corrected chi connectivity index (χ2v) is 7.44. The van der Waals surface area contributed by atoms with Crippen LogP contribution in [0.1, 0.15) is 6.42 Å². The molecule has 1 atom stereocenters. The lowest BCUT2D eigenvalue weighted by Gasteiger charge is -2.23. The first kappa shape index (κ1) is 14.6. The Morgan fingerprint density at radius 1 is 1.37 bits per heavy atom. The Balaban J connectivity index is 2.38. The van der Waals surface area contributed by atoms with Gasteiger partial charge in [0.25, 0.3) is 0 Å². The monoisotopic (exact) mass is 302 g/mol. The summed E-state index contributed by atoms with van der Waals surface area (Å²) in [4.78, 5) is 2.49. The number of hydrogen-bond acceptors (Lipinski definition) is 3. The van der Waals surface area contributed by atoms with Gasteiger partial charge in [-0.05, 0) is 24.5 Å². The Labute approximate surface area is 120 Å². The molecule has 1 unspecified atom stereocenters. The van der Waals surface area contributed by atoms with Gasteiger partial charge in [-0.1, -0.05) is 12.1 Å². The van der Waals surface area contributed by atoms with E-state index < -0.39 is 10.0 Å². The van der Waals surface area contributed by atoms with E-state index in [1.54, 1.807) is 26.2 Å². The summed E-state index contributed by atoms with van der Waals surface area (Å²) < 4.78 is 25.9. The summed E-state index contributed by atoms with van der Waals surface area (Å²) >= 11 is 5.89. The number of alkyl halides is 1. The van der Waals surface area contributed by atoms with Gasteiger partial charge < -0.3 is 4.90 Å². The van der Waals surface area contributed by atoms with E-state index in [9.17, 15) is 8.42 Å². The van der Waals surface area contributed by atoms with Gasteiger partial charge in [-0.3, -0.25) is 0 Å². The highest BCUT2D eigenvalue weighted by Crippen LogP contribution is 2.31. The van der Waals surface area contributed by atoms with Gasteiger partial charge >= 0.3 is 0 Å². The van der Waals surface area contributed by atoms with Crippen LogP contribution in [0.5, 0.6) is 0 Å². The highest BCUT2D eigenvalue weighted by Gasteiger charge is 2.28. The fourth-order valence-electron chi connectivity index (χ4n) is 2.31. The molecule has 0 saturated carbocycles. The van der Waals surface area contributed by atoms with E-state index in [0.29, 0.717) is 16.7 Å². The van der Waals surface area contributed by atoms with Gasteiger partial charge in [0.15, 0.2) is 0 Å². The molecule has 4 nitrogen and oxygen atoms in total. The number of nitrogens with zero attached hydrogens (tertiary/aromatic N) is 2. The normalized spacial score (nSPS) is 20.2. The molecule has 1 aliphatic heterocycles. The maximum atomic E-state index is 12.3. The highest BCUT2D eigenvalue weighted by atomic mass is 35.5. The minimum atomic E-state index is -3.41. The van der Waals surface area contributed by atoms with Crippen LogP contribution in [0.4, 0.5) is 5.69 Å². The summed E-state index contributed by atoms with van der Waals surface area (Å²) in [7, 11) is -0.304. The number of halogens is 1. The minimum Gasteiger partial charge on any atom is -0.370 e. The number of rotatable bonds is 4. The molecule has 19 heavy (non-hydrogen) atoms. The van der Waals surface area contributed by atoms with Crippen LogP contribution in [0.15, 0.2) is 29.2 Å². The van der Waals surface area contributed by atoms with Crippen molar-refractivity contribution in [1.29, 1.82) is 0 Å². The maximum Gasteiger partial charge on any atom is 0.244 e. The Kier molecular flexibility index (Phi) is 4.38. The molecule has 0 bridgehead atoms. The number of para-hydroxylation sites is 1. The molecule has 106 valence electrons. The van der Waals surface area contributed by atoms with Gasteiger partial charge in [-0.25, -0.2) is 12.7 Å². The lowest BCUT2D eigenvalue weighted by Crippen LogP contribution is -2.27. The molecule has 1 fully saturated rings. The SMILES string of the molecule is CN(C)S(=O)(=O)c1ccccc1N1CCC(CCl)C1. The zero-order valence-corrected chi connectivity index (χ0v) is 12.8. The lowest BCUT2D eigenvalue weighted by atomic mass is 10.2.